The Balaban J connectivity index is 2.10. The van der Waals surface area contributed by atoms with Crippen LogP contribution in [0, 0.1) is 0 Å². The summed E-state index contributed by atoms with van der Waals surface area (Å²) in [5.41, 5.74) is 4.86. The van der Waals surface area contributed by atoms with E-state index in [1.54, 1.807) is 11.1 Å². The average molecular weight is 407 g/mol. The van der Waals surface area contributed by atoms with Gasteiger partial charge in [0.2, 0.25) is 5.69 Å². The van der Waals surface area contributed by atoms with E-state index >= 15 is 0 Å². The third-order valence-corrected chi connectivity index (χ3v) is 8.99. The topological polar surface area (TPSA) is 3.88 Å². The highest BCUT2D eigenvalue weighted by Gasteiger charge is 2.59. The second kappa shape index (κ2) is 7.87. The molecule has 1 nitrogen and oxygen atoms in total. The maximum Gasteiger partial charge on any atom is 0.223 e. The van der Waals surface area contributed by atoms with E-state index in [2.05, 4.69) is 81.8 Å². The van der Waals surface area contributed by atoms with Gasteiger partial charge in [0.05, 0.1) is 5.41 Å². The number of pyridine rings is 1. The predicted molar refractivity (Wildman–Crippen MR) is 127 cm³/mol. The van der Waals surface area contributed by atoms with Gasteiger partial charge >= 0.3 is 0 Å². The van der Waals surface area contributed by atoms with E-state index in [0.29, 0.717) is 0 Å². The number of benzene rings is 1. The standard InChI is InChI=1S/C27H36NS/c1-6-10-14-20-15-13-16-21-23-25(29-24(20)21)22-17-11-12-19-28(22)27(9-4,18-7-2)26(23,5)8-3/h11-13,15-17,19H,6-10,14,18H2,1-5H3/q+1. The van der Waals surface area contributed by atoms with Gasteiger partial charge < -0.3 is 0 Å². The van der Waals surface area contributed by atoms with Gasteiger partial charge in [-0.2, -0.15) is 4.57 Å². The molecular formula is C27H36NS+. The van der Waals surface area contributed by atoms with E-state index in [9.17, 15) is 0 Å². The van der Waals surface area contributed by atoms with Crippen molar-refractivity contribution in [3.63, 3.8) is 0 Å². The zero-order valence-electron chi connectivity index (χ0n) is 18.8. The van der Waals surface area contributed by atoms with Crippen molar-refractivity contribution in [3.8, 4) is 10.6 Å². The predicted octanol–water partition coefficient (Wildman–Crippen LogP) is 7.79. The third-order valence-electron chi connectivity index (χ3n) is 7.68. The van der Waals surface area contributed by atoms with Crippen LogP contribution in [0.4, 0.5) is 0 Å². The molecular weight excluding hydrogens is 370 g/mol. The van der Waals surface area contributed by atoms with Gasteiger partial charge in [0.25, 0.3) is 0 Å². The minimum absolute atomic E-state index is 0.132. The summed E-state index contributed by atoms with van der Waals surface area (Å²) in [6.45, 7) is 12.0. The lowest BCUT2D eigenvalue weighted by molar-refractivity contribution is -0.770. The molecule has 29 heavy (non-hydrogen) atoms. The number of fused-ring (bicyclic) bond motifs is 5. The molecule has 0 saturated carbocycles. The van der Waals surface area contributed by atoms with Gasteiger partial charge in [-0.25, -0.2) is 0 Å². The Hall–Kier alpha value is -1.67. The molecule has 0 fully saturated rings. The van der Waals surface area contributed by atoms with Crippen LogP contribution in [-0.2, 0) is 17.4 Å². The zero-order valence-corrected chi connectivity index (χ0v) is 19.7. The van der Waals surface area contributed by atoms with Crippen molar-refractivity contribution in [2.45, 2.75) is 90.5 Å². The fourth-order valence-electron chi connectivity index (χ4n) is 6.02. The first-order chi connectivity index (χ1) is 14.1. The molecule has 0 spiro atoms. The summed E-state index contributed by atoms with van der Waals surface area (Å²) in [4.78, 5) is 1.51. The van der Waals surface area contributed by atoms with Crippen LogP contribution in [-0.4, -0.2) is 0 Å². The fraction of sp³-hybridized carbons (Fsp3) is 0.519. The number of rotatable bonds is 7. The lowest BCUT2D eigenvalue weighted by Gasteiger charge is -2.47. The second-order valence-electron chi connectivity index (χ2n) is 8.98. The molecule has 0 bridgehead atoms. The molecule has 2 atom stereocenters. The number of unbranched alkanes of at least 4 members (excludes halogenated alkanes) is 1. The number of aryl methyl sites for hydroxylation is 1. The highest BCUT2D eigenvalue weighted by Crippen LogP contribution is 2.56. The van der Waals surface area contributed by atoms with E-state index in [1.165, 1.54) is 65.6 Å². The van der Waals surface area contributed by atoms with Crippen LogP contribution < -0.4 is 4.57 Å². The molecule has 2 unspecified atom stereocenters. The molecule has 0 amide bonds. The van der Waals surface area contributed by atoms with E-state index in [-0.39, 0.29) is 11.0 Å². The van der Waals surface area contributed by atoms with Crippen LogP contribution in [0.5, 0.6) is 0 Å². The average Bonchev–Trinajstić information content (AvgIpc) is 3.16. The summed E-state index contributed by atoms with van der Waals surface area (Å²) >= 11 is 2.05. The maximum absolute atomic E-state index is 2.66. The molecule has 4 rings (SSSR count). The minimum Gasteiger partial charge on any atom is -0.191 e. The SMILES string of the molecule is CCCCc1cccc2c3c(sc12)-c1cccc[n+]1C(CC)(CCC)C3(C)CC. The van der Waals surface area contributed by atoms with Gasteiger partial charge in [0, 0.05) is 29.7 Å². The lowest BCUT2D eigenvalue weighted by Crippen LogP contribution is -2.68. The number of hydrogen-bond acceptors (Lipinski definition) is 1. The van der Waals surface area contributed by atoms with Crippen molar-refractivity contribution in [2.75, 3.05) is 0 Å². The van der Waals surface area contributed by atoms with Gasteiger partial charge in [-0.05, 0) is 55.2 Å². The molecule has 3 aromatic rings. The number of nitrogens with zero attached hydrogens (tertiary/aromatic N) is 1. The van der Waals surface area contributed by atoms with E-state index in [1.807, 2.05) is 11.3 Å². The molecule has 3 heterocycles. The third kappa shape index (κ3) is 2.82. The number of aromatic nitrogens is 1. The number of thiophene rings is 1. The molecule has 0 radical (unpaired) electrons. The molecule has 1 aliphatic heterocycles. The molecule has 1 aromatic carbocycles. The molecule has 154 valence electrons. The van der Waals surface area contributed by atoms with Crippen LogP contribution in [0.15, 0.2) is 42.6 Å². The summed E-state index contributed by atoms with van der Waals surface area (Å²) in [5.74, 6) is 0. The molecule has 2 heteroatoms. The first kappa shape index (κ1) is 20.6. The van der Waals surface area contributed by atoms with Crippen molar-refractivity contribution in [2.24, 2.45) is 0 Å². The summed E-state index contributed by atoms with van der Waals surface area (Å²) in [7, 11) is 0. The normalized spacial score (nSPS) is 23.2. The molecule has 0 aliphatic carbocycles. The second-order valence-corrected chi connectivity index (χ2v) is 10.0. The Bertz CT molecular complexity index is 1020. The molecule has 0 saturated heterocycles. The van der Waals surface area contributed by atoms with Crippen molar-refractivity contribution in [1.29, 1.82) is 0 Å². The fourth-order valence-corrected chi connectivity index (χ4v) is 7.52. The van der Waals surface area contributed by atoms with Gasteiger partial charge in [-0.15, -0.1) is 11.3 Å². The molecule has 2 aromatic heterocycles. The van der Waals surface area contributed by atoms with Gasteiger partial charge in [0.15, 0.2) is 11.7 Å². The van der Waals surface area contributed by atoms with Gasteiger partial charge in [-0.1, -0.05) is 52.3 Å². The first-order valence-electron chi connectivity index (χ1n) is 11.6. The maximum atomic E-state index is 2.66. The van der Waals surface area contributed by atoms with Gasteiger partial charge in [0.1, 0.15) is 4.88 Å². The first-order valence-corrected chi connectivity index (χ1v) is 12.5. The molecule has 0 N–H and O–H groups in total. The largest absolute Gasteiger partial charge is 0.223 e. The summed E-state index contributed by atoms with van der Waals surface area (Å²) < 4.78 is 4.19. The van der Waals surface area contributed by atoms with Crippen molar-refractivity contribution in [1.82, 2.24) is 0 Å². The number of hydrogen-bond donors (Lipinski definition) is 0. The monoisotopic (exact) mass is 406 g/mol. The summed E-state index contributed by atoms with van der Waals surface area (Å²) in [6.07, 6.45) is 10.8. The Kier molecular flexibility index (Phi) is 5.59. The van der Waals surface area contributed by atoms with E-state index in [0.717, 1.165) is 0 Å². The zero-order chi connectivity index (χ0) is 20.6. The smallest absolute Gasteiger partial charge is 0.191 e. The summed E-state index contributed by atoms with van der Waals surface area (Å²) in [5, 5.41) is 1.52. The van der Waals surface area contributed by atoms with E-state index < -0.39 is 0 Å². The van der Waals surface area contributed by atoms with Crippen molar-refractivity contribution < 1.29 is 4.57 Å². The highest BCUT2D eigenvalue weighted by molar-refractivity contribution is 7.22. The van der Waals surface area contributed by atoms with Crippen molar-refractivity contribution >= 4 is 21.4 Å². The van der Waals surface area contributed by atoms with Crippen LogP contribution in [0.2, 0.25) is 0 Å². The van der Waals surface area contributed by atoms with Crippen molar-refractivity contribution in [3.05, 3.63) is 53.7 Å². The summed E-state index contributed by atoms with van der Waals surface area (Å²) in [6, 6.07) is 13.9. The van der Waals surface area contributed by atoms with Crippen LogP contribution in [0.3, 0.4) is 0 Å². The minimum atomic E-state index is 0.132. The van der Waals surface area contributed by atoms with Gasteiger partial charge in [-0.3, -0.25) is 0 Å². The van der Waals surface area contributed by atoms with Crippen LogP contribution in [0.1, 0.15) is 84.3 Å². The van der Waals surface area contributed by atoms with Crippen LogP contribution in [0.25, 0.3) is 20.7 Å². The van der Waals surface area contributed by atoms with Crippen LogP contribution >= 0.6 is 11.3 Å². The molecule has 1 aliphatic rings. The highest BCUT2D eigenvalue weighted by atomic mass is 32.1. The Morgan fingerprint density at radius 2 is 1.76 bits per heavy atom. The quantitative estimate of drug-likeness (QED) is 0.353. The Morgan fingerprint density at radius 1 is 0.931 bits per heavy atom. The Morgan fingerprint density at radius 3 is 2.45 bits per heavy atom. The Labute approximate surface area is 180 Å². The lowest BCUT2D eigenvalue weighted by atomic mass is 9.59. The van der Waals surface area contributed by atoms with E-state index in [4.69, 9.17) is 0 Å².